The van der Waals surface area contributed by atoms with Gasteiger partial charge in [0.15, 0.2) is 0 Å². The quantitative estimate of drug-likeness (QED) is 0.476. The predicted octanol–water partition coefficient (Wildman–Crippen LogP) is 0.217. The summed E-state index contributed by atoms with van der Waals surface area (Å²) in [5, 5.41) is 0. The van der Waals surface area contributed by atoms with Crippen molar-refractivity contribution in [2.24, 2.45) is 0 Å². The molecule has 1 atom stereocenters. The monoisotopic (exact) mass is 133 g/mol. The Kier molecular flexibility index (Phi) is 2.66. The average molecular weight is 133 g/mol. The van der Waals surface area contributed by atoms with Crippen LogP contribution in [0.25, 0.3) is 0 Å². The second-order valence-electron chi connectivity index (χ2n) is 1.61. The molecule has 0 aromatic carbocycles. The SMILES string of the molecule is Cl[B]C1COCCO1. The standard InChI is InChI=1S/C4H7BClO2/c6-5-4-3-7-1-2-8-4/h4H,1-3H2. The molecule has 0 bridgehead atoms. The third-order valence-corrected chi connectivity index (χ3v) is 1.26. The van der Waals surface area contributed by atoms with Gasteiger partial charge in [-0.3, -0.25) is 0 Å². The number of ether oxygens (including phenoxy) is 2. The minimum Gasteiger partial charge on any atom is -0.381 e. The van der Waals surface area contributed by atoms with Crippen molar-refractivity contribution < 1.29 is 9.47 Å². The normalized spacial score (nSPS) is 29.9. The largest absolute Gasteiger partial charge is 0.381 e. The summed E-state index contributed by atoms with van der Waals surface area (Å²) in [6, 6.07) is 0.00502. The Labute approximate surface area is 54.3 Å². The molecule has 1 fully saturated rings. The van der Waals surface area contributed by atoms with E-state index in [4.69, 9.17) is 20.9 Å². The summed E-state index contributed by atoms with van der Waals surface area (Å²) < 4.78 is 10.1. The minimum absolute atomic E-state index is 0.00502. The van der Waals surface area contributed by atoms with Crippen molar-refractivity contribution in [3.05, 3.63) is 0 Å². The van der Waals surface area contributed by atoms with E-state index in [1.807, 2.05) is 0 Å². The maximum Gasteiger partial charge on any atom is 0.276 e. The summed E-state index contributed by atoms with van der Waals surface area (Å²) in [5.41, 5.74) is 0. The van der Waals surface area contributed by atoms with Crippen LogP contribution in [0, 0.1) is 0 Å². The Morgan fingerprint density at radius 2 is 2.38 bits per heavy atom. The van der Waals surface area contributed by atoms with Gasteiger partial charge >= 0.3 is 0 Å². The van der Waals surface area contributed by atoms with Crippen LogP contribution in [0.1, 0.15) is 0 Å². The lowest BCUT2D eigenvalue weighted by atomic mass is 9.99. The average Bonchev–Trinajstić information content (AvgIpc) is 1.90. The van der Waals surface area contributed by atoms with Gasteiger partial charge in [0.1, 0.15) is 0 Å². The van der Waals surface area contributed by atoms with E-state index in [9.17, 15) is 0 Å². The fraction of sp³-hybridized carbons (Fsp3) is 1.00. The third-order valence-electron chi connectivity index (χ3n) is 0.982. The molecule has 1 radical (unpaired) electrons. The number of halogens is 1. The van der Waals surface area contributed by atoms with E-state index in [1.54, 1.807) is 0 Å². The van der Waals surface area contributed by atoms with Gasteiger partial charge in [0.25, 0.3) is 6.69 Å². The molecule has 0 aromatic rings. The Morgan fingerprint density at radius 1 is 1.50 bits per heavy atom. The molecule has 8 heavy (non-hydrogen) atoms. The highest BCUT2D eigenvalue weighted by molar-refractivity contribution is 6.94. The second-order valence-corrected chi connectivity index (χ2v) is 1.86. The fourth-order valence-corrected chi connectivity index (χ4v) is 0.724. The molecule has 0 saturated carbocycles. The predicted molar refractivity (Wildman–Crippen MR) is 32.2 cm³/mol. The van der Waals surface area contributed by atoms with Crippen molar-refractivity contribution in [3.8, 4) is 0 Å². The molecule has 2 nitrogen and oxygen atoms in total. The molecule has 0 spiro atoms. The molecule has 0 N–H and O–H groups in total. The maximum absolute atomic E-state index is 5.35. The molecule has 4 heteroatoms. The first-order valence-corrected chi connectivity index (χ1v) is 3.00. The van der Waals surface area contributed by atoms with Gasteiger partial charge in [0.2, 0.25) is 0 Å². The van der Waals surface area contributed by atoms with Gasteiger partial charge in [0, 0.05) is 0 Å². The number of rotatable bonds is 1. The molecule has 0 aromatic heterocycles. The molecular weight excluding hydrogens is 126 g/mol. The minimum atomic E-state index is 0.00502. The van der Waals surface area contributed by atoms with Crippen LogP contribution in [-0.4, -0.2) is 32.5 Å². The van der Waals surface area contributed by atoms with Gasteiger partial charge < -0.3 is 9.47 Å². The lowest BCUT2D eigenvalue weighted by Gasteiger charge is -2.19. The Bertz CT molecular complexity index is 65.1. The molecule has 45 valence electrons. The van der Waals surface area contributed by atoms with E-state index in [2.05, 4.69) is 0 Å². The molecule has 1 aliphatic heterocycles. The lowest BCUT2D eigenvalue weighted by Crippen LogP contribution is -2.31. The van der Waals surface area contributed by atoms with Crippen molar-refractivity contribution in [2.45, 2.75) is 6.00 Å². The van der Waals surface area contributed by atoms with Crippen LogP contribution in [0.2, 0.25) is 0 Å². The van der Waals surface area contributed by atoms with E-state index in [-0.39, 0.29) is 6.00 Å². The van der Waals surface area contributed by atoms with Crippen molar-refractivity contribution in [1.29, 1.82) is 0 Å². The number of hydrogen-bond acceptors (Lipinski definition) is 2. The molecule has 1 unspecified atom stereocenters. The van der Waals surface area contributed by atoms with E-state index in [0.29, 0.717) is 19.8 Å². The molecule has 0 aliphatic carbocycles. The van der Waals surface area contributed by atoms with Crippen LogP contribution < -0.4 is 0 Å². The zero-order valence-corrected chi connectivity index (χ0v) is 5.23. The van der Waals surface area contributed by atoms with Crippen molar-refractivity contribution >= 4 is 18.2 Å². The molecule has 1 aliphatic rings. The molecular formula is C4H7BClO2. The zero-order valence-electron chi connectivity index (χ0n) is 4.47. The van der Waals surface area contributed by atoms with E-state index in [1.165, 1.54) is 6.69 Å². The van der Waals surface area contributed by atoms with Gasteiger partial charge in [-0.2, -0.15) is 0 Å². The molecule has 1 rings (SSSR count). The summed E-state index contributed by atoms with van der Waals surface area (Å²) in [6.07, 6.45) is 0. The highest BCUT2D eigenvalue weighted by Crippen LogP contribution is 1.99. The highest BCUT2D eigenvalue weighted by atomic mass is 35.5. The molecule has 1 saturated heterocycles. The van der Waals surface area contributed by atoms with E-state index < -0.39 is 0 Å². The van der Waals surface area contributed by atoms with Crippen LogP contribution >= 0.6 is 11.5 Å². The van der Waals surface area contributed by atoms with Crippen LogP contribution in [0.3, 0.4) is 0 Å². The number of hydrogen-bond donors (Lipinski definition) is 0. The van der Waals surface area contributed by atoms with Crippen LogP contribution in [0.15, 0.2) is 0 Å². The van der Waals surface area contributed by atoms with E-state index in [0.717, 1.165) is 0 Å². The van der Waals surface area contributed by atoms with Gasteiger partial charge in [-0.15, -0.1) is 0 Å². The summed E-state index contributed by atoms with van der Waals surface area (Å²) in [6.45, 7) is 3.44. The van der Waals surface area contributed by atoms with Crippen molar-refractivity contribution in [2.75, 3.05) is 19.8 Å². The van der Waals surface area contributed by atoms with Crippen molar-refractivity contribution in [1.82, 2.24) is 0 Å². The third kappa shape index (κ3) is 1.65. The molecule has 0 amide bonds. The van der Waals surface area contributed by atoms with Crippen LogP contribution in [-0.2, 0) is 9.47 Å². The first-order chi connectivity index (χ1) is 3.93. The lowest BCUT2D eigenvalue weighted by molar-refractivity contribution is -0.0541. The summed E-state index contributed by atoms with van der Waals surface area (Å²) in [4.78, 5) is 0. The molecule has 1 heterocycles. The topological polar surface area (TPSA) is 18.5 Å². The van der Waals surface area contributed by atoms with Gasteiger partial charge in [-0.25, -0.2) is 11.5 Å². The summed E-state index contributed by atoms with van der Waals surface area (Å²) in [5.74, 6) is 0. The zero-order chi connectivity index (χ0) is 5.82. The summed E-state index contributed by atoms with van der Waals surface area (Å²) >= 11 is 5.35. The first-order valence-electron chi connectivity index (χ1n) is 2.56. The van der Waals surface area contributed by atoms with Gasteiger partial charge in [0.05, 0.1) is 25.8 Å². The highest BCUT2D eigenvalue weighted by Gasteiger charge is 2.13. The van der Waals surface area contributed by atoms with E-state index >= 15 is 0 Å². The summed E-state index contributed by atoms with van der Waals surface area (Å²) in [7, 11) is 0. The smallest absolute Gasteiger partial charge is 0.276 e. The van der Waals surface area contributed by atoms with Gasteiger partial charge in [-0.1, -0.05) is 0 Å². The Hall–Kier alpha value is 0.275. The Balaban J connectivity index is 2.13. The second kappa shape index (κ2) is 3.33. The van der Waals surface area contributed by atoms with Crippen LogP contribution in [0.5, 0.6) is 0 Å². The van der Waals surface area contributed by atoms with Gasteiger partial charge in [-0.05, 0) is 0 Å². The maximum atomic E-state index is 5.35. The fourth-order valence-electron chi connectivity index (χ4n) is 0.579. The Morgan fingerprint density at radius 3 is 2.75 bits per heavy atom. The van der Waals surface area contributed by atoms with Crippen LogP contribution in [0.4, 0.5) is 0 Å². The van der Waals surface area contributed by atoms with Crippen molar-refractivity contribution in [3.63, 3.8) is 0 Å². The first kappa shape index (κ1) is 6.40.